The number of para-hydroxylation sites is 1. The first-order chi connectivity index (χ1) is 13.7. The molecule has 28 heavy (non-hydrogen) atoms. The molecule has 3 aromatic rings. The SMILES string of the molecule is CCNC(=O)N1CCN(C(=O)c2cc(-c3cccs3)nc3ccccc23)CC1. The normalized spacial score (nSPS) is 14.3. The van der Waals surface area contributed by atoms with E-state index in [1.807, 2.05) is 59.7 Å². The van der Waals surface area contributed by atoms with Gasteiger partial charge < -0.3 is 15.1 Å². The van der Waals surface area contributed by atoms with Gasteiger partial charge in [-0.3, -0.25) is 4.79 Å². The molecule has 0 unspecified atom stereocenters. The van der Waals surface area contributed by atoms with E-state index in [1.54, 1.807) is 16.2 Å². The lowest BCUT2D eigenvalue weighted by molar-refractivity contribution is 0.0667. The van der Waals surface area contributed by atoms with Gasteiger partial charge in [-0.15, -0.1) is 11.3 Å². The average molecular weight is 395 g/mol. The molecule has 2 aromatic heterocycles. The number of nitrogens with zero attached hydrogens (tertiary/aromatic N) is 3. The van der Waals surface area contributed by atoms with Crippen molar-refractivity contribution < 1.29 is 9.59 Å². The molecule has 1 saturated heterocycles. The monoisotopic (exact) mass is 394 g/mol. The van der Waals surface area contributed by atoms with Gasteiger partial charge >= 0.3 is 6.03 Å². The number of rotatable bonds is 3. The van der Waals surface area contributed by atoms with Gasteiger partial charge in [-0.2, -0.15) is 0 Å². The first kappa shape index (κ1) is 18.4. The van der Waals surface area contributed by atoms with Crippen molar-refractivity contribution in [2.75, 3.05) is 32.7 Å². The number of amides is 3. The smallest absolute Gasteiger partial charge is 0.317 e. The summed E-state index contributed by atoms with van der Waals surface area (Å²) in [7, 11) is 0. The maximum absolute atomic E-state index is 13.3. The zero-order chi connectivity index (χ0) is 19.5. The number of nitrogens with one attached hydrogen (secondary N) is 1. The van der Waals surface area contributed by atoms with Crippen LogP contribution in [0, 0.1) is 0 Å². The van der Waals surface area contributed by atoms with E-state index in [4.69, 9.17) is 4.98 Å². The maximum Gasteiger partial charge on any atom is 0.317 e. The summed E-state index contributed by atoms with van der Waals surface area (Å²) in [4.78, 5) is 34.7. The average Bonchev–Trinajstić information content (AvgIpc) is 3.28. The molecule has 0 atom stereocenters. The van der Waals surface area contributed by atoms with Gasteiger partial charge in [-0.05, 0) is 30.5 Å². The third-order valence-corrected chi connectivity index (χ3v) is 5.79. The number of hydrogen-bond donors (Lipinski definition) is 1. The Balaban J connectivity index is 1.62. The van der Waals surface area contributed by atoms with Crippen LogP contribution < -0.4 is 5.32 Å². The number of pyridine rings is 1. The summed E-state index contributed by atoms with van der Waals surface area (Å²) in [6, 6.07) is 13.6. The van der Waals surface area contributed by atoms with Crippen molar-refractivity contribution in [3.05, 3.63) is 53.4 Å². The molecule has 3 amide bonds. The molecule has 0 radical (unpaired) electrons. The zero-order valence-electron chi connectivity index (χ0n) is 15.7. The van der Waals surface area contributed by atoms with Crippen LogP contribution in [-0.4, -0.2) is 59.4 Å². The van der Waals surface area contributed by atoms with Gasteiger partial charge in [0.15, 0.2) is 0 Å². The van der Waals surface area contributed by atoms with Crippen LogP contribution >= 0.6 is 11.3 Å². The standard InChI is InChI=1S/C21H22N4O2S/c1-2-22-21(27)25-11-9-24(10-12-25)20(26)16-14-18(19-8-5-13-28-19)23-17-7-4-3-6-15(16)17/h3-8,13-14H,2,9-12H2,1H3,(H,22,27). The van der Waals surface area contributed by atoms with E-state index in [9.17, 15) is 9.59 Å². The summed E-state index contributed by atoms with van der Waals surface area (Å²) in [5.74, 6) is -0.00745. The van der Waals surface area contributed by atoms with Gasteiger partial charge in [-0.25, -0.2) is 9.78 Å². The zero-order valence-corrected chi connectivity index (χ0v) is 16.5. The van der Waals surface area contributed by atoms with Crippen LogP contribution in [0.3, 0.4) is 0 Å². The number of carbonyl (C=O) groups is 2. The second-order valence-electron chi connectivity index (χ2n) is 6.66. The molecular formula is C21H22N4O2S. The Hall–Kier alpha value is -2.93. The number of urea groups is 1. The van der Waals surface area contributed by atoms with Gasteiger partial charge in [0.2, 0.25) is 0 Å². The molecule has 0 spiro atoms. The topological polar surface area (TPSA) is 65.5 Å². The predicted octanol–water partition coefficient (Wildman–Crippen LogP) is 3.45. The van der Waals surface area contributed by atoms with Crippen LogP contribution in [0.5, 0.6) is 0 Å². The van der Waals surface area contributed by atoms with E-state index in [2.05, 4.69) is 5.32 Å². The van der Waals surface area contributed by atoms with Crippen molar-refractivity contribution in [3.8, 4) is 10.6 Å². The largest absolute Gasteiger partial charge is 0.338 e. The molecule has 1 N–H and O–H groups in total. The Morgan fingerprint density at radius 1 is 1.07 bits per heavy atom. The number of hydrogen-bond acceptors (Lipinski definition) is 4. The highest BCUT2D eigenvalue weighted by Gasteiger charge is 2.26. The molecule has 7 heteroatoms. The van der Waals surface area contributed by atoms with E-state index >= 15 is 0 Å². The Morgan fingerprint density at radius 2 is 1.82 bits per heavy atom. The van der Waals surface area contributed by atoms with Crippen LogP contribution in [0.25, 0.3) is 21.5 Å². The first-order valence-corrected chi connectivity index (χ1v) is 10.3. The third-order valence-electron chi connectivity index (χ3n) is 4.90. The summed E-state index contributed by atoms with van der Waals surface area (Å²) in [6.45, 7) is 4.64. The maximum atomic E-state index is 13.3. The van der Waals surface area contributed by atoms with Crippen molar-refractivity contribution in [1.29, 1.82) is 0 Å². The summed E-state index contributed by atoms with van der Waals surface area (Å²) < 4.78 is 0. The quantitative estimate of drug-likeness (QED) is 0.740. The van der Waals surface area contributed by atoms with Crippen molar-refractivity contribution in [2.24, 2.45) is 0 Å². The number of carbonyl (C=O) groups excluding carboxylic acids is 2. The second-order valence-corrected chi connectivity index (χ2v) is 7.61. The molecule has 3 heterocycles. The Morgan fingerprint density at radius 3 is 2.54 bits per heavy atom. The Bertz CT molecular complexity index is 995. The second kappa shape index (κ2) is 7.98. The lowest BCUT2D eigenvalue weighted by atomic mass is 10.1. The Kier molecular flexibility index (Phi) is 5.25. The van der Waals surface area contributed by atoms with Gasteiger partial charge in [0.1, 0.15) is 0 Å². The molecule has 6 nitrogen and oxygen atoms in total. The molecule has 1 aromatic carbocycles. The fraction of sp³-hybridized carbons (Fsp3) is 0.286. The lowest BCUT2D eigenvalue weighted by Gasteiger charge is -2.34. The minimum Gasteiger partial charge on any atom is -0.338 e. The van der Waals surface area contributed by atoms with E-state index in [-0.39, 0.29) is 11.9 Å². The van der Waals surface area contributed by atoms with E-state index in [0.29, 0.717) is 38.3 Å². The molecular weight excluding hydrogens is 372 g/mol. The summed E-state index contributed by atoms with van der Waals surface area (Å²) in [5.41, 5.74) is 2.30. The minimum atomic E-state index is -0.0658. The highest BCUT2D eigenvalue weighted by Crippen LogP contribution is 2.28. The van der Waals surface area contributed by atoms with Crippen LogP contribution in [0.4, 0.5) is 4.79 Å². The van der Waals surface area contributed by atoms with E-state index in [1.165, 1.54) is 0 Å². The number of aromatic nitrogens is 1. The number of benzene rings is 1. The van der Waals surface area contributed by atoms with Crippen LogP contribution in [0.1, 0.15) is 17.3 Å². The van der Waals surface area contributed by atoms with Gasteiger partial charge in [-0.1, -0.05) is 24.3 Å². The predicted molar refractivity (Wildman–Crippen MR) is 112 cm³/mol. The molecule has 0 aliphatic carbocycles. The van der Waals surface area contributed by atoms with Crippen LogP contribution in [0.15, 0.2) is 47.8 Å². The van der Waals surface area contributed by atoms with Crippen molar-refractivity contribution in [3.63, 3.8) is 0 Å². The first-order valence-electron chi connectivity index (χ1n) is 9.43. The fourth-order valence-corrected chi connectivity index (χ4v) is 4.14. The highest BCUT2D eigenvalue weighted by atomic mass is 32.1. The molecule has 144 valence electrons. The molecule has 4 rings (SSSR count). The number of piperazine rings is 1. The highest BCUT2D eigenvalue weighted by molar-refractivity contribution is 7.13. The molecule has 0 bridgehead atoms. The van der Waals surface area contributed by atoms with E-state index < -0.39 is 0 Å². The molecule has 1 fully saturated rings. The summed E-state index contributed by atoms with van der Waals surface area (Å²) >= 11 is 1.61. The Labute approximate surface area is 167 Å². The molecule has 1 aliphatic rings. The summed E-state index contributed by atoms with van der Waals surface area (Å²) in [6.07, 6.45) is 0. The van der Waals surface area contributed by atoms with Crippen LogP contribution in [0.2, 0.25) is 0 Å². The van der Waals surface area contributed by atoms with Crippen molar-refractivity contribution in [2.45, 2.75) is 6.92 Å². The third kappa shape index (κ3) is 3.57. The molecule has 0 saturated carbocycles. The fourth-order valence-electron chi connectivity index (χ4n) is 3.45. The number of thiophene rings is 1. The van der Waals surface area contributed by atoms with Crippen LogP contribution in [-0.2, 0) is 0 Å². The molecule has 1 aliphatic heterocycles. The summed E-state index contributed by atoms with van der Waals surface area (Å²) in [5, 5.41) is 5.68. The van der Waals surface area contributed by atoms with Gasteiger partial charge in [0, 0.05) is 38.1 Å². The van der Waals surface area contributed by atoms with Crippen molar-refractivity contribution in [1.82, 2.24) is 20.1 Å². The van der Waals surface area contributed by atoms with Gasteiger partial charge in [0.25, 0.3) is 5.91 Å². The van der Waals surface area contributed by atoms with Gasteiger partial charge in [0.05, 0.1) is 21.7 Å². The van der Waals surface area contributed by atoms with Crippen molar-refractivity contribution >= 4 is 34.2 Å². The minimum absolute atomic E-state index is 0.00745. The number of fused-ring (bicyclic) bond motifs is 1. The lowest BCUT2D eigenvalue weighted by Crippen LogP contribution is -2.53. The van der Waals surface area contributed by atoms with E-state index in [0.717, 1.165) is 21.5 Å².